The molecule has 2 aliphatic rings. The van der Waals surface area contributed by atoms with E-state index in [-0.39, 0.29) is 18.2 Å². The number of pyridine rings is 1. The van der Waals surface area contributed by atoms with Gasteiger partial charge in [0.05, 0.1) is 6.10 Å². The monoisotopic (exact) mass is 545 g/mol. The third kappa shape index (κ3) is 10.9. The molecule has 1 aromatic heterocycles. The van der Waals surface area contributed by atoms with Gasteiger partial charge in [0.25, 0.3) is 0 Å². The number of hydrogen-bond donors (Lipinski definition) is 3. The first kappa shape index (κ1) is 30.9. The zero-order valence-corrected chi connectivity index (χ0v) is 23.3. The second-order valence-electron chi connectivity index (χ2n) is 10.4. The number of aromatic nitrogens is 1. The Morgan fingerprint density at radius 3 is 2.05 bits per heavy atom. The van der Waals surface area contributed by atoms with Crippen LogP contribution in [0.5, 0.6) is 0 Å². The Hall–Kier alpha value is -3.59. The van der Waals surface area contributed by atoms with Crippen molar-refractivity contribution in [3.63, 3.8) is 0 Å². The minimum absolute atomic E-state index is 0.250. The largest absolute Gasteiger partial charge is 0.392 e. The highest BCUT2D eigenvalue weighted by atomic mass is 16.3. The molecule has 1 aliphatic carbocycles. The average molecular weight is 546 g/mol. The van der Waals surface area contributed by atoms with Gasteiger partial charge in [0.1, 0.15) is 0 Å². The molecular formula is C32H43N5O3. The maximum atomic E-state index is 11.8. The molecule has 2 heterocycles. The Labute approximate surface area is 238 Å². The van der Waals surface area contributed by atoms with E-state index in [2.05, 4.69) is 50.8 Å². The zero-order chi connectivity index (χ0) is 28.6. The number of hydrogen-bond acceptors (Lipinski definition) is 6. The van der Waals surface area contributed by atoms with Gasteiger partial charge in [0.15, 0.2) is 0 Å². The Bertz CT molecular complexity index is 1110. The first-order valence-corrected chi connectivity index (χ1v) is 14.1. The van der Waals surface area contributed by atoms with Crippen LogP contribution in [0, 0.1) is 5.92 Å². The number of carbonyl (C=O) groups excluding carboxylic acids is 2. The summed E-state index contributed by atoms with van der Waals surface area (Å²) in [5.74, 6) is -0.687. The quantitative estimate of drug-likeness (QED) is 0.355. The number of carbonyl (C=O) groups is 2. The van der Waals surface area contributed by atoms with Crippen LogP contribution in [-0.2, 0) is 35.4 Å². The summed E-state index contributed by atoms with van der Waals surface area (Å²) < 4.78 is 0. The SMILES string of the molecule is NC(=O)[C@H](Cc1ccccc1)C[C@H](O)CN1CCN(Cc2cccnc2)CC1.NC=O.c1ccc2c(c1)CCC2. The average Bonchev–Trinajstić information content (AvgIpc) is 3.45. The number of β-amino-alcohol motifs (C(OH)–C–C–N with tert-alkyl or cyclic N) is 1. The summed E-state index contributed by atoms with van der Waals surface area (Å²) in [4.78, 5) is 29.3. The second kappa shape index (κ2) is 17.2. The number of piperazine rings is 1. The molecule has 8 nitrogen and oxygen atoms in total. The number of aryl methyl sites for hydroxylation is 2. The van der Waals surface area contributed by atoms with E-state index in [0.29, 0.717) is 19.4 Å². The van der Waals surface area contributed by atoms with Gasteiger partial charge in [-0.3, -0.25) is 24.4 Å². The fourth-order valence-corrected chi connectivity index (χ4v) is 5.29. The molecule has 2 aromatic carbocycles. The number of benzene rings is 2. The summed E-state index contributed by atoms with van der Waals surface area (Å²) in [6.07, 6.45) is 8.34. The van der Waals surface area contributed by atoms with Crippen LogP contribution in [-0.4, -0.2) is 71.0 Å². The van der Waals surface area contributed by atoms with Crippen molar-refractivity contribution in [2.45, 2.75) is 44.8 Å². The lowest BCUT2D eigenvalue weighted by molar-refractivity contribution is -0.123. The van der Waals surface area contributed by atoms with Crippen LogP contribution >= 0.6 is 0 Å². The Morgan fingerprint density at radius 1 is 0.900 bits per heavy atom. The molecule has 2 amide bonds. The van der Waals surface area contributed by atoms with Crippen LogP contribution in [0.15, 0.2) is 79.1 Å². The molecule has 2 atom stereocenters. The van der Waals surface area contributed by atoms with Gasteiger partial charge >= 0.3 is 0 Å². The normalized spacial score (nSPS) is 16.3. The highest BCUT2D eigenvalue weighted by molar-refractivity contribution is 5.77. The first-order valence-electron chi connectivity index (χ1n) is 14.1. The van der Waals surface area contributed by atoms with Crippen LogP contribution in [0.3, 0.4) is 0 Å². The number of nitrogens with zero attached hydrogens (tertiary/aromatic N) is 3. The Kier molecular flexibility index (Phi) is 13.3. The lowest BCUT2D eigenvalue weighted by Crippen LogP contribution is -2.48. The standard InChI is InChI=1S/C22H30N4O2.C9H10.CH3NO/c23-22(28)20(13-18-5-2-1-3-6-18)14-21(27)17-26-11-9-25(10-12-26)16-19-7-4-8-24-15-19;1-2-5-9-7-3-6-8(9)4-1;2-1-3/h1-8,15,20-21,27H,9-14,16-17H2,(H2,23,28);1-2,4-5H,3,6-7H2;1H,(H2,2,3)/t20-,21+;;/m1../s1. The number of aliphatic hydroxyl groups excluding tert-OH is 1. The van der Waals surface area contributed by atoms with Crippen molar-refractivity contribution >= 4 is 12.3 Å². The van der Waals surface area contributed by atoms with Crippen LogP contribution in [0.25, 0.3) is 0 Å². The molecule has 0 radical (unpaired) electrons. The fraction of sp³-hybridized carbons (Fsp3) is 0.406. The maximum Gasteiger partial charge on any atom is 0.220 e. The number of nitrogens with two attached hydrogens (primary N) is 2. The van der Waals surface area contributed by atoms with E-state index in [0.717, 1.165) is 38.3 Å². The summed E-state index contributed by atoms with van der Waals surface area (Å²) >= 11 is 0. The first-order chi connectivity index (χ1) is 19.5. The number of amides is 2. The van der Waals surface area contributed by atoms with Gasteiger partial charge in [-0.25, -0.2) is 0 Å². The molecular weight excluding hydrogens is 502 g/mol. The summed E-state index contributed by atoms with van der Waals surface area (Å²) in [5, 5.41) is 10.5. The van der Waals surface area contributed by atoms with Crippen molar-refractivity contribution in [1.82, 2.24) is 14.8 Å². The zero-order valence-electron chi connectivity index (χ0n) is 23.3. The van der Waals surface area contributed by atoms with Crippen LogP contribution in [0.1, 0.15) is 35.1 Å². The predicted octanol–water partition coefficient (Wildman–Crippen LogP) is 2.57. The van der Waals surface area contributed by atoms with Crippen molar-refractivity contribution < 1.29 is 14.7 Å². The van der Waals surface area contributed by atoms with E-state index in [1.807, 2.05) is 42.6 Å². The van der Waals surface area contributed by atoms with Gasteiger partial charge in [-0.05, 0) is 60.4 Å². The second-order valence-corrected chi connectivity index (χ2v) is 10.4. The van der Waals surface area contributed by atoms with Crippen LogP contribution in [0.2, 0.25) is 0 Å². The van der Waals surface area contributed by atoms with Crippen molar-refractivity contribution in [2.75, 3.05) is 32.7 Å². The molecule has 1 fully saturated rings. The Morgan fingerprint density at radius 2 is 1.48 bits per heavy atom. The molecule has 3 aromatic rings. The lowest BCUT2D eigenvalue weighted by atomic mass is 9.93. The van der Waals surface area contributed by atoms with E-state index in [4.69, 9.17) is 10.5 Å². The molecule has 8 heteroatoms. The molecule has 1 aliphatic heterocycles. The van der Waals surface area contributed by atoms with Crippen molar-refractivity contribution in [3.05, 3.63) is 101 Å². The molecule has 0 spiro atoms. The van der Waals surface area contributed by atoms with Gasteiger partial charge in [0, 0.05) is 57.6 Å². The number of primary amides is 2. The Balaban J connectivity index is 0.000000302. The van der Waals surface area contributed by atoms with Crippen molar-refractivity contribution in [1.29, 1.82) is 0 Å². The summed E-state index contributed by atoms with van der Waals surface area (Å²) in [5.41, 5.74) is 15.2. The summed E-state index contributed by atoms with van der Waals surface area (Å²) in [6.45, 7) is 5.24. The summed E-state index contributed by atoms with van der Waals surface area (Å²) in [6, 6.07) is 22.6. The van der Waals surface area contributed by atoms with Crippen LogP contribution in [0.4, 0.5) is 0 Å². The molecule has 5 rings (SSSR count). The van der Waals surface area contributed by atoms with E-state index in [1.165, 1.54) is 24.8 Å². The van der Waals surface area contributed by atoms with E-state index >= 15 is 0 Å². The fourth-order valence-electron chi connectivity index (χ4n) is 5.29. The third-order valence-corrected chi connectivity index (χ3v) is 7.36. The summed E-state index contributed by atoms with van der Waals surface area (Å²) in [7, 11) is 0. The van der Waals surface area contributed by atoms with Gasteiger partial charge in [-0.2, -0.15) is 0 Å². The van der Waals surface area contributed by atoms with Gasteiger partial charge in [-0.15, -0.1) is 0 Å². The predicted molar refractivity (Wildman–Crippen MR) is 158 cm³/mol. The molecule has 214 valence electrons. The minimum Gasteiger partial charge on any atom is -0.392 e. The van der Waals surface area contributed by atoms with Crippen LogP contribution < -0.4 is 11.5 Å². The van der Waals surface area contributed by atoms with Gasteiger partial charge in [-0.1, -0.05) is 60.7 Å². The molecule has 0 bridgehead atoms. The van der Waals surface area contributed by atoms with E-state index in [1.54, 1.807) is 17.3 Å². The number of fused-ring (bicyclic) bond motifs is 1. The van der Waals surface area contributed by atoms with Gasteiger partial charge in [0.2, 0.25) is 12.3 Å². The van der Waals surface area contributed by atoms with Crippen molar-refractivity contribution in [3.8, 4) is 0 Å². The molecule has 0 unspecified atom stereocenters. The smallest absolute Gasteiger partial charge is 0.220 e. The highest BCUT2D eigenvalue weighted by Gasteiger charge is 2.24. The molecule has 0 saturated carbocycles. The van der Waals surface area contributed by atoms with Crippen molar-refractivity contribution in [2.24, 2.45) is 17.4 Å². The topological polar surface area (TPSA) is 126 Å². The molecule has 40 heavy (non-hydrogen) atoms. The highest BCUT2D eigenvalue weighted by Crippen LogP contribution is 2.20. The molecule has 1 saturated heterocycles. The maximum absolute atomic E-state index is 11.8. The minimum atomic E-state index is -0.550. The van der Waals surface area contributed by atoms with Gasteiger partial charge < -0.3 is 16.6 Å². The van der Waals surface area contributed by atoms with E-state index in [9.17, 15) is 9.90 Å². The third-order valence-electron chi connectivity index (χ3n) is 7.36. The van der Waals surface area contributed by atoms with E-state index < -0.39 is 6.10 Å². The number of aliphatic hydroxyl groups is 1. The lowest BCUT2D eigenvalue weighted by Gasteiger charge is -2.35. The molecule has 5 N–H and O–H groups in total. The number of rotatable bonds is 9.